The molecule has 0 spiro atoms. The van der Waals surface area contributed by atoms with Gasteiger partial charge in [-0.15, -0.1) is 0 Å². The van der Waals surface area contributed by atoms with Gasteiger partial charge in [0.25, 0.3) is 5.91 Å². The average Bonchev–Trinajstić information content (AvgIpc) is 3.27. The van der Waals surface area contributed by atoms with Crippen LogP contribution in [-0.4, -0.2) is 42.9 Å². The SMILES string of the molecule is CCOCCn1c(=NC(=O)c2cc(-c3ccccc3)nc3ccccc23)sc2cc(OC)c(OC)cc21. The molecule has 0 unspecified atom stereocenters. The first-order valence-corrected chi connectivity index (χ1v) is 12.8. The molecule has 0 saturated heterocycles. The molecular formula is C29H27N3O4S. The third-order valence-electron chi connectivity index (χ3n) is 6.06. The maximum Gasteiger partial charge on any atom is 0.280 e. The fraction of sp³-hybridized carbons (Fsp3) is 0.207. The zero-order valence-electron chi connectivity index (χ0n) is 20.9. The molecule has 5 aromatic rings. The highest BCUT2D eigenvalue weighted by Crippen LogP contribution is 2.33. The van der Waals surface area contributed by atoms with Crippen molar-refractivity contribution in [3.63, 3.8) is 0 Å². The molecule has 188 valence electrons. The largest absolute Gasteiger partial charge is 0.493 e. The monoisotopic (exact) mass is 513 g/mol. The summed E-state index contributed by atoms with van der Waals surface area (Å²) in [5.41, 5.74) is 3.83. The number of hydrogen-bond acceptors (Lipinski definition) is 6. The molecule has 7 nitrogen and oxygen atoms in total. The van der Waals surface area contributed by atoms with Gasteiger partial charge in [-0.05, 0) is 19.1 Å². The van der Waals surface area contributed by atoms with E-state index in [1.807, 2.05) is 84.3 Å². The molecule has 0 bridgehead atoms. The van der Waals surface area contributed by atoms with E-state index in [-0.39, 0.29) is 5.91 Å². The molecule has 0 N–H and O–H groups in total. The predicted molar refractivity (Wildman–Crippen MR) is 146 cm³/mol. The van der Waals surface area contributed by atoms with Crippen LogP contribution in [0.3, 0.4) is 0 Å². The highest BCUT2D eigenvalue weighted by molar-refractivity contribution is 7.16. The number of amides is 1. The second-order valence-electron chi connectivity index (χ2n) is 8.26. The van der Waals surface area contributed by atoms with Crippen molar-refractivity contribution in [1.29, 1.82) is 0 Å². The van der Waals surface area contributed by atoms with Gasteiger partial charge < -0.3 is 18.8 Å². The summed E-state index contributed by atoms with van der Waals surface area (Å²) in [7, 11) is 3.21. The van der Waals surface area contributed by atoms with Crippen LogP contribution in [0.15, 0.2) is 77.8 Å². The standard InChI is InChI=1S/C29H27N3O4S/c1-4-36-15-14-32-24-17-25(34-2)26(35-3)18-27(24)37-29(32)31-28(33)21-16-23(19-10-6-5-7-11-19)30-22-13-9-8-12-20(21)22/h5-13,16-18H,4,14-15H2,1-3H3. The molecule has 2 heterocycles. The summed E-state index contributed by atoms with van der Waals surface area (Å²) in [6.07, 6.45) is 0. The van der Waals surface area contributed by atoms with Crippen molar-refractivity contribution in [3.8, 4) is 22.8 Å². The molecule has 0 fully saturated rings. The number of ether oxygens (including phenoxy) is 3. The molecule has 0 aliphatic heterocycles. The van der Waals surface area contributed by atoms with Crippen LogP contribution in [0.5, 0.6) is 11.5 Å². The second-order valence-corrected chi connectivity index (χ2v) is 9.27. The molecule has 1 amide bonds. The lowest BCUT2D eigenvalue weighted by atomic mass is 10.0. The Hall–Kier alpha value is -4.01. The summed E-state index contributed by atoms with van der Waals surface area (Å²) in [5.74, 6) is 0.911. The summed E-state index contributed by atoms with van der Waals surface area (Å²) >= 11 is 1.43. The van der Waals surface area contributed by atoms with Gasteiger partial charge in [0, 0.05) is 36.2 Å². The normalized spacial score (nSPS) is 11.8. The third-order valence-corrected chi connectivity index (χ3v) is 7.11. The van der Waals surface area contributed by atoms with Crippen LogP contribution in [0.25, 0.3) is 32.4 Å². The number of hydrogen-bond donors (Lipinski definition) is 0. The first-order valence-electron chi connectivity index (χ1n) is 12.0. The van der Waals surface area contributed by atoms with Crippen molar-refractivity contribution in [2.24, 2.45) is 4.99 Å². The lowest BCUT2D eigenvalue weighted by Crippen LogP contribution is -2.20. The molecule has 0 saturated carbocycles. The molecule has 0 aliphatic rings. The Bertz CT molecular complexity index is 1640. The quantitative estimate of drug-likeness (QED) is 0.248. The molecule has 37 heavy (non-hydrogen) atoms. The first-order chi connectivity index (χ1) is 18.1. The van der Waals surface area contributed by atoms with Crippen LogP contribution in [0.4, 0.5) is 0 Å². The lowest BCUT2D eigenvalue weighted by Gasteiger charge is -2.10. The van der Waals surface area contributed by atoms with Gasteiger partial charge in [-0.25, -0.2) is 4.98 Å². The Kier molecular flexibility index (Phi) is 7.30. The van der Waals surface area contributed by atoms with Gasteiger partial charge >= 0.3 is 0 Å². The number of carbonyl (C=O) groups excluding carboxylic acids is 1. The van der Waals surface area contributed by atoms with Crippen LogP contribution in [0, 0.1) is 0 Å². The van der Waals surface area contributed by atoms with Gasteiger partial charge in [-0.1, -0.05) is 59.9 Å². The van der Waals surface area contributed by atoms with E-state index < -0.39 is 0 Å². The minimum absolute atomic E-state index is 0.327. The molecule has 8 heteroatoms. The first kappa shape index (κ1) is 24.7. The van der Waals surface area contributed by atoms with Crippen molar-refractivity contribution in [2.45, 2.75) is 13.5 Å². The number of para-hydroxylation sites is 1. The van der Waals surface area contributed by atoms with E-state index in [2.05, 4.69) is 4.99 Å². The number of aromatic nitrogens is 2. The zero-order valence-corrected chi connectivity index (χ0v) is 21.7. The Balaban J connectivity index is 1.68. The van der Waals surface area contributed by atoms with Gasteiger partial charge in [0.1, 0.15) is 0 Å². The Morgan fingerprint density at radius 3 is 2.46 bits per heavy atom. The van der Waals surface area contributed by atoms with Gasteiger partial charge in [0.2, 0.25) is 0 Å². The molecule has 3 aromatic carbocycles. The Morgan fingerprint density at radius 2 is 1.70 bits per heavy atom. The molecule has 5 rings (SSSR count). The van der Waals surface area contributed by atoms with Crippen molar-refractivity contribution in [2.75, 3.05) is 27.4 Å². The third kappa shape index (κ3) is 4.98. The number of thiazole rings is 1. The smallest absolute Gasteiger partial charge is 0.280 e. The number of rotatable bonds is 8. The fourth-order valence-corrected chi connectivity index (χ4v) is 5.32. The van der Waals surface area contributed by atoms with Crippen molar-refractivity contribution < 1.29 is 19.0 Å². The van der Waals surface area contributed by atoms with Crippen molar-refractivity contribution in [1.82, 2.24) is 9.55 Å². The summed E-state index contributed by atoms with van der Waals surface area (Å²) in [4.78, 5) is 23.7. The predicted octanol–water partition coefficient (Wildman–Crippen LogP) is 5.71. The average molecular weight is 514 g/mol. The molecule has 0 radical (unpaired) electrons. The van der Waals surface area contributed by atoms with Gasteiger partial charge in [-0.2, -0.15) is 4.99 Å². The summed E-state index contributed by atoms with van der Waals surface area (Å²) < 4.78 is 19.6. The Labute approximate surface area is 218 Å². The minimum atomic E-state index is -0.327. The summed E-state index contributed by atoms with van der Waals surface area (Å²) in [6.45, 7) is 3.60. The van der Waals surface area contributed by atoms with Gasteiger partial charge in [0.05, 0.1) is 47.8 Å². The number of carbonyl (C=O) groups is 1. The van der Waals surface area contributed by atoms with E-state index in [4.69, 9.17) is 19.2 Å². The number of nitrogens with zero attached hydrogens (tertiary/aromatic N) is 3. The fourth-order valence-electron chi connectivity index (χ4n) is 4.25. The highest BCUT2D eigenvalue weighted by Gasteiger charge is 2.16. The Morgan fingerprint density at radius 1 is 0.973 bits per heavy atom. The molecular weight excluding hydrogens is 486 g/mol. The highest BCUT2D eigenvalue weighted by atomic mass is 32.1. The second kappa shape index (κ2) is 10.9. The van der Waals surface area contributed by atoms with Crippen LogP contribution in [0.1, 0.15) is 17.3 Å². The van der Waals surface area contributed by atoms with E-state index in [0.717, 1.165) is 32.4 Å². The van der Waals surface area contributed by atoms with E-state index in [1.165, 1.54) is 11.3 Å². The maximum absolute atomic E-state index is 13.7. The van der Waals surface area contributed by atoms with Crippen molar-refractivity contribution >= 4 is 38.4 Å². The topological polar surface area (TPSA) is 74.9 Å². The zero-order chi connectivity index (χ0) is 25.8. The number of benzene rings is 3. The van der Waals surface area contributed by atoms with E-state index >= 15 is 0 Å². The summed E-state index contributed by atoms with van der Waals surface area (Å²) in [6, 6.07) is 23.1. The maximum atomic E-state index is 13.7. The van der Waals surface area contributed by atoms with Gasteiger partial charge in [0.15, 0.2) is 16.3 Å². The molecule has 2 aromatic heterocycles. The number of fused-ring (bicyclic) bond motifs is 2. The van der Waals surface area contributed by atoms with Crippen LogP contribution >= 0.6 is 11.3 Å². The lowest BCUT2D eigenvalue weighted by molar-refractivity contribution is 0.0998. The van der Waals surface area contributed by atoms with E-state index in [9.17, 15) is 4.79 Å². The molecule has 0 aliphatic carbocycles. The van der Waals surface area contributed by atoms with Crippen molar-refractivity contribution in [3.05, 3.63) is 83.2 Å². The van der Waals surface area contributed by atoms with E-state index in [1.54, 1.807) is 14.2 Å². The van der Waals surface area contributed by atoms with E-state index in [0.29, 0.717) is 41.6 Å². The summed E-state index contributed by atoms with van der Waals surface area (Å²) in [5, 5.41) is 0.765. The van der Waals surface area contributed by atoms with Crippen LogP contribution < -0.4 is 14.3 Å². The minimum Gasteiger partial charge on any atom is -0.493 e. The van der Waals surface area contributed by atoms with Crippen LogP contribution in [-0.2, 0) is 11.3 Å². The molecule has 0 atom stereocenters. The number of pyridine rings is 1. The van der Waals surface area contributed by atoms with Gasteiger partial charge in [-0.3, -0.25) is 4.79 Å². The number of methoxy groups -OCH3 is 2. The van der Waals surface area contributed by atoms with Crippen LogP contribution in [0.2, 0.25) is 0 Å².